The van der Waals surface area contributed by atoms with Crippen LogP contribution in [0.4, 0.5) is 5.00 Å². The number of aryl methyl sites for hydroxylation is 1. The fourth-order valence-corrected chi connectivity index (χ4v) is 4.94. The number of ether oxygens (including phenoxy) is 3. The molecule has 7 nitrogen and oxygen atoms in total. The van der Waals surface area contributed by atoms with E-state index in [2.05, 4.69) is 16.7 Å². The lowest BCUT2D eigenvalue weighted by Gasteiger charge is -2.38. The summed E-state index contributed by atoms with van der Waals surface area (Å²) in [7, 11) is 0. The minimum Gasteiger partial charge on any atom is -0.454 e. The first kappa shape index (κ1) is 22.6. The molecule has 2 N–H and O–H groups in total. The number of rotatable bonds is 5. The summed E-state index contributed by atoms with van der Waals surface area (Å²) >= 11 is 1.30. The molecule has 1 fully saturated rings. The van der Waals surface area contributed by atoms with Crippen LogP contribution >= 0.6 is 11.3 Å². The molecule has 32 heavy (non-hydrogen) atoms. The summed E-state index contributed by atoms with van der Waals surface area (Å²) < 4.78 is 16.6. The number of anilines is 1. The Hall–Kier alpha value is -2.58. The highest BCUT2D eigenvalue weighted by molar-refractivity contribution is 7.18. The van der Waals surface area contributed by atoms with Gasteiger partial charge in [0.25, 0.3) is 5.91 Å². The average molecular weight is 459 g/mol. The van der Waals surface area contributed by atoms with Gasteiger partial charge in [0.2, 0.25) is 12.7 Å². The van der Waals surface area contributed by atoms with Crippen molar-refractivity contribution in [3.05, 3.63) is 40.3 Å². The van der Waals surface area contributed by atoms with E-state index in [1.165, 1.54) is 11.3 Å². The largest absolute Gasteiger partial charge is 0.454 e. The quantitative estimate of drug-likeness (QED) is 0.700. The molecular formula is C24H30N2O5S. The summed E-state index contributed by atoms with van der Waals surface area (Å²) in [6, 6.07) is 7.87. The first-order valence-corrected chi connectivity index (χ1v) is 11.7. The van der Waals surface area contributed by atoms with E-state index in [1.807, 2.05) is 45.9 Å². The predicted octanol–water partition coefficient (Wildman–Crippen LogP) is 4.25. The first-order chi connectivity index (χ1) is 15.2. The third-order valence-electron chi connectivity index (χ3n) is 6.06. The van der Waals surface area contributed by atoms with Gasteiger partial charge in [-0.25, -0.2) is 0 Å². The number of nitrogens with one attached hydrogen (secondary N) is 2. The summed E-state index contributed by atoms with van der Waals surface area (Å²) in [5.74, 6) is 1.29. The molecule has 0 aliphatic carbocycles. The van der Waals surface area contributed by atoms with Crippen molar-refractivity contribution >= 4 is 28.2 Å². The van der Waals surface area contributed by atoms with Crippen molar-refractivity contribution in [1.29, 1.82) is 0 Å². The zero-order valence-corrected chi connectivity index (χ0v) is 19.8. The van der Waals surface area contributed by atoms with Crippen molar-refractivity contribution in [1.82, 2.24) is 5.32 Å². The van der Waals surface area contributed by atoms with Crippen LogP contribution in [0.15, 0.2) is 24.3 Å². The Kier molecular flexibility index (Phi) is 6.18. The number of thiophene rings is 1. The lowest BCUT2D eigenvalue weighted by Crippen LogP contribution is -2.44. The van der Waals surface area contributed by atoms with Gasteiger partial charge in [-0.3, -0.25) is 9.59 Å². The Bertz CT molecular complexity index is 1020. The second-order valence-corrected chi connectivity index (χ2v) is 10.5. The highest BCUT2D eigenvalue weighted by Crippen LogP contribution is 2.40. The second kappa shape index (κ2) is 8.75. The summed E-state index contributed by atoms with van der Waals surface area (Å²) in [5, 5.41) is 6.75. The maximum Gasteiger partial charge on any atom is 0.261 e. The van der Waals surface area contributed by atoms with Gasteiger partial charge < -0.3 is 24.8 Å². The number of carbonyl (C=O) groups is 2. The molecule has 3 heterocycles. The molecule has 2 aromatic rings. The number of hydrogen-bond acceptors (Lipinski definition) is 6. The molecule has 0 spiro atoms. The SMILES string of the molecule is Cc1cc(NC(=O)C(C)(C)C)sc1C(=O)NCC1(c2ccc3c(c2)OCO3)CCOCC1. The molecule has 2 aliphatic rings. The highest BCUT2D eigenvalue weighted by Gasteiger charge is 2.36. The maximum atomic E-state index is 13.1. The molecule has 0 saturated carbocycles. The first-order valence-electron chi connectivity index (χ1n) is 10.9. The van der Waals surface area contributed by atoms with Gasteiger partial charge in [-0.05, 0) is 49.1 Å². The Balaban J connectivity index is 1.49. The third kappa shape index (κ3) is 4.61. The molecule has 172 valence electrons. The van der Waals surface area contributed by atoms with Crippen LogP contribution in [0.5, 0.6) is 11.5 Å². The standard InChI is InChI=1S/C24H30N2O5S/c1-15-11-19(26-22(28)23(2,3)4)32-20(15)21(27)25-13-24(7-9-29-10-8-24)16-5-6-17-18(12-16)31-14-30-17/h5-6,11-12H,7-10,13-14H2,1-4H3,(H,25,27)(H,26,28). The van der Waals surface area contributed by atoms with Crippen molar-refractivity contribution < 1.29 is 23.8 Å². The topological polar surface area (TPSA) is 85.9 Å². The van der Waals surface area contributed by atoms with Crippen molar-refractivity contribution in [2.24, 2.45) is 5.41 Å². The van der Waals surface area contributed by atoms with E-state index in [0.29, 0.717) is 29.6 Å². The molecular weight excluding hydrogens is 428 g/mol. The summed E-state index contributed by atoms with van der Waals surface area (Å²) in [6.45, 7) is 9.49. The molecule has 1 saturated heterocycles. The number of amides is 2. The minimum atomic E-state index is -0.500. The summed E-state index contributed by atoms with van der Waals surface area (Å²) in [6.07, 6.45) is 1.62. The van der Waals surface area contributed by atoms with Crippen LogP contribution in [-0.4, -0.2) is 38.4 Å². The smallest absolute Gasteiger partial charge is 0.261 e. The van der Waals surface area contributed by atoms with Crippen molar-refractivity contribution in [3.8, 4) is 11.5 Å². The fraction of sp³-hybridized carbons (Fsp3) is 0.500. The van der Waals surface area contributed by atoms with Gasteiger partial charge >= 0.3 is 0 Å². The van der Waals surface area contributed by atoms with E-state index in [-0.39, 0.29) is 24.0 Å². The molecule has 2 amide bonds. The van der Waals surface area contributed by atoms with E-state index in [0.717, 1.165) is 35.5 Å². The lowest BCUT2D eigenvalue weighted by molar-refractivity contribution is -0.123. The van der Waals surface area contributed by atoms with Gasteiger partial charge in [-0.1, -0.05) is 26.8 Å². The number of carbonyl (C=O) groups excluding carboxylic acids is 2. The Morgan fingerprint density at radius 2 is 1.81 bits per heavy atom. The van der Waals surface area contributed by atoms with Crippen LogP contribution in [0, 0.1) is 12.3 Å². The predicted molar refractivity (Wildman–Crippen MR) is 124 cm³/mol. The zero-order chi connectivity index (χ0) is 22.9. The molecule has 8 heteroatoms. The Morgan fingerprint density at radius 3 is 2.53 bits per heavy atom. The van der Waals surface area contributed by atoms with Crippen LogP contribution in [0.3, 0.4) is 0 Å². The second-order valence-electron chi connectivity index (χ2n) is 9.47. The van der Waals surface area contributed by atoms with Gasteiger partial charge in [-0.15, -0.1) is 11.3 Å². The van der Waals surface area contributed by atoms with Crippen LogP contribution in [0.25, 0.3) is 0 Å². The summed E-state index contributed by atoms with van der Waals surface area (Å²) in [5.41, 5.74) is 1.23. The van der Waals surface area contributed by atoms with Gasteiger partial charge in [0.05, 0.1) is 9.88 Å². The summed E-state index contributed by atoms with van der Waals surface area (Å²) in [4.78, 5) is 26.0. The van der Waals surface area contributed by atoms with Gasteiger partial charge in [-0.2, -0.15) is 0 Å². The molecule has 0 radical (unpaired) electrons. The normalized spacial score (nSPS) is 17.1. The molecule has 1 aromatic carbocycles. The lowest BCUT2D eigenvalue weighted by atomic mass is 9.74. The van der Waals surface area contributed by atoms with Crippen LogP contribution in [0.2, 0.25) is 0 Å². The molecule has 0 unspecified atom stereocenters. The van der Waals surface area contributed by atoms with Crippen LogP contribution < -0.4 is 20.1 Å². The highest BCUT2D eigenvalue weighted by atomic mass is 32.1. The molecule has 0 atom stereocenters. The maximum absolute atomic E-state index is 13.1. The third-order valence-corrected chi connectivity index (χ3v) is 7.22. The van der Waals surface area contributed by atoms with Crippen molar-refractivity contribution in [2.75, 3.05) is 31.9 Å². The van der Waals surface area contributed by atoms with E-state index >= 15 is 0 Å². The number of benzene rings is 1. The van der Waals surface area contributed by atoms with Gasteiger partial charge in [0, 0.05) is 30.6 Å². The number of hydrogen-bond donors (Lipinski definition) is 2. The van der Waals surface area contributed by atoms with Crippen LogP contribution in [-0.2, 0) is 14.9 Å². The average Bonchev–Trinajstić information content (AvgIpc) is 3.37. The van der Waals surface area contributed by atoms with Crippen molar-refractivity contribution in [3.63, 3.8) is 0 Å². The van der Waals surface area contributed by atoms with Crippen molar-refractivity contribution in [2.45, 2.75) is 46.0 Å². The minimum absolute atomic E-state index is 0.0744. The van der Waals surface area contributed by atoms with Gasteiger partial charge in [0.1, 0.15) is 0 Å². The molecule has 1 aromatic heterocycles. The van der Waals surface area contributed by atoms with E-state index in [4.69, 9.17) is 14.2 Å². The van der Waals surface area contributed by atoms with E-state index < -0.39 is 5.41 Å². The molecule has 0 bridgehead atoms. The Morgan fingerprint density at radius 1 is 1.09 bits per heavy atom. The Labute approximate surface area is 192 Å². The van der Waals surface area contributed by atoms with E-state index in [9.17, 15) is 9.59 Å². The molecule has 2 aliphatic heterocycles. The zero-order valence-electron chi connectivity index (χ0n) is 19.0. The monoisotopic (exact) mass is 458 g/mol. The molecule has 4 rings (SSSR count). The van der Waals surface area contributed by atoms with Gasteiger partial charge in [0.15, 0.2) is 11.5 Å². The fourth-order valence-electron chi connectivity index (χ4n) is 3.95. The van der Waals surface area contributed by atoms with E-state index in [1.54, 1.807) is 0 Å². The van der Waals surface area contributed by atoms with Crippen LogP contribution in [0.1, 0.15) is 54.4 Å². The number of fused-ring (bicyclic) bond motifs is 1.